The van der Waals surface area contributed by atoms with Crippen LogP contribution in [0.1, 0.15) is 165 Å². The molecule has 7 N–H and O–H groups in total. The summed E-state index contributed by atoms with van der Waals surface area (Å²) < 4.78 is 0. The highest BCUT2D eigenvalue weighted by atomic mass is 32.2. The fourth-order valence-electron chi connectivity index (χ4n) is 12.1. The van der Waals surface area contributed by atoms with Crippen molar-refractivity contribution in [3.05, 3.63) is 172 Å². The van der Waals surface area contributed by atoms with Gasteiger partial charge in [-0.1, -0.05) is 148 Å². The highest BCUT2D eigenvalue weighted by Crippen LogP contribution is 2.44. The van der Waals surface area contributed by atoms with Gasteiger partial charge in [0.2, 0.25) is 23.6 Å². The van der Waals surface area contributed by atoms with Crippen LogP contribution in [0.2, 0.25) is 0 Å². The number of nitrogens with one attached hydrogen (secondary N) is 7. The third kappa shape index (κ3) is 16.4. The van der Waals surface area contributed by atoms with E-state index in [0.29, 0.717) is 86.4 Å². The summed E-state index contributed by atoms with van der Waals surface area (Å²) in [6.45, 7) is 7.38. The number of aliphatic imine (C=N–C) groups is 1. The lowest BCUT2D eigenvalue weighted by atomic mass is 9.82. The van der Waals surface area contributed by atoms with Crippen molar-refractivity contribution < 1.29 is 28.8 Å². The molecule has 0 radical (unpaired) electrons. The average molecular weight is 1200 g/mol. The fraction of sp³-hybridized carbons (Fsp3) is 0.386. The van der Waals surface area contributed by atoms with Crippen LogP contribution < -0.4 is 42.6 Å². The first-order valence-electron chi connectivity index (χ1n) is 30.9. The Kier molecular flexibility index (Phi) is 22.7. The van der Waals surface area contributed by atoms with E-state index in [0.717, 1.165) is 124 Å². The van der Waals surface area contributed by atoms with Gasteiger partial charge >= 0.3 is 0 Å². The zero-order chi connectivity index (χ0) is 60.4. The summed E-state index contributed by atoms with van der Waals surface area (Å²) in [5, 5.41) is 23.0. The van der Waals surface area contributed by atoms with E-state index in [4.69, 9.17) is 4.99 Å². The number of thioether (sulfide) groups is 2. The van der Waals surface area contributed by atoms with Gasteiger partial charge in [0.05, 0.1) is 12.1 Å². The number of hydrogen-bond acceptors (Lipinski definition) is 11. The van der Waals surface area contributed by atoms with Gasteiger partial charge in [0.1, 0.15) is 0 Å². The number of H-pyrrole nitrogens is 1. The maximum Gasteiger partial charge on any atom is 0.224 e. The molecule has 4 atom stereocenters. The molecule has 1 aromatic heterocycles. The highest BCUT2D eigenvalue weighted by Gasteiger charge is 2.40. The van der Waals surface area contributed by atoms with Crippen LogP contribution in [0.4, 0.5) is 22.7 Å². The van der Waals surface area contributed by atoms with Crippen LogP contribution in [0.5, 0.6) is 0 Å². The smallest absolute Gasteiger partial charge is 0.224 e. The molecular weight excluding hydrogens is 1110 g/mol. The second kappa shape index (κ2) is 31.1. The molecule has 0 saturated heterocycles. The molecule has 2 unspecified atom stereocenters. The standard InChI is InChI=1S/C70H82N8O6S2/c1-5-7-9-31-63(81)75-51-27-15-11-23-47(51)67-55-35-36-56(71-55)68(48-24-12-16-28-52(48)76-64(82)32-10-8-6-2)58-38-40-60(73-58)70(50-26-14-18-30-54(50)78-66(84)34-20-22-44-86-46(4)80)62-42-41-61(74-62)69(59-39-37-57(67)72-59)49-25-13-17-29-53(49)77-65(83)33-19-21-43-85-45(3)79/h11-18,23-30,35-37,39,41,57,60,62,70-72,74H,5-10,19-22,31-34,38,40,42-44H2,1-4H3,(H,75,81)(H,76,82)(H,77,83)(H,78,84)/b67-55-,68-56-,69-59-/t57?,60-,62?,70+/m0/s1. The van der Waals surface area contributed by atoms with Gasteiger partial charge in [0.15, 0.2) is 10.2 Å². The van der Waals surface area contributed by atoms with E-state index in [1.807, 2.05) is 78.9 Å². The van der Waals surface area contributed by atoms with Crippen molar-refractivity contribution in [2.45, 2.75) is 161 Å². The number of unbranched alkanes of at least 4 members (excludes halogenated alkanes) is 6. The Labute approximate surface area is 514 Å². The largest absolute Gasteiger partial charge is 0.381 e. The molecule has 450 valence electrons. The lowest BCUT2D eigenvalue weighted by Gasteiger charge is -2.31. The first kappa shape index (κ1) is 62.8. The van der Waals surface area contributed by atoms with Gasteiger partial charge < -0.3 is 36.9 Å². The zero-order valence-electron chi connectivity index (χ0n) is 50.1. The molecule has 16 heteroatoms. The van der Waals surface area contributed by atoms with E-state index in [-0.39, 0.29) is 51.9 Å². The molecule has 5 aromatic rings. The lowest BCUT2D eigenvalue weighted by molar-refractivity contribution is -0.117. The quantitative estimate of drug-likeness (QED) is 0.0261. The monoisotopic (exact) mass is 1190 g/mol. The van der Waals surface area contributed by atoms with Gasteiger partial charge in [-0.2, -0.15) is 0 Å². The summed E-state index contributed by atoms with van der Waals surface area (Å²) >= 11 is 2.56. The minimum atomic E-state index is -0.438. The molecule has 0 saturated carbocycles. The summed E-state index contributed by atoms with van der Waals surface area (Å²) in [5.74, 6) is 0.754. The second-order valence-electron chi connectivity index (χ2n) is 22.6. The predicted octanol–water partition coefficient (Wildman–Crippen LogP) is 12.8. The van der Waals surface area contributed by atoms with E-state index in [1.165, 1.54) is 23.5 Å². The van der Waals surface area contributed by atoms with Crippen LogP contribution in [0.25, 0.3) is 16.7 Å². The van der Waals surface area contributed by atoms with E-state index < -0.39 is 6.04 Å². The molecular formula is C70H82N8O6S2. The van der Waals surface area contributed by atoms with Gasteiger partial charge in [0, 0.05) is 147 Å². The Hall–Kier alpha value is -7.69. The van der Waals surface area contributed by atoms with E-state index in [1.54, 1.807) is 13.8 Å². The van der Waals surface area contributed by atoms with Crippen molar-refractivity contribution in [1.82, 2.24) is 15.6 Å². The van der Waals surface area contributed by atoms with Crippen LogP contribution in [-0.2, 0) is 28.8 Å². The summed E-state index contributed by atoms with van der Waals surface area (Å²) in [5.41, 5.74) is 11.4. The number of carbonyl (C=O) groups is 6. The van der Waals surface area contributed by atoms with Crippen molar-refractivity contribution in [1.29, 1.82) is 0 Å². The molecule has 0 spiro atoms. The van der Waals surface area contributed by atoms with Crippen LogP contribution in [0.3, 0.4) is 0 Å². The Bertz CT molecular complexity index is 3560. The SMILES string of the molecule is CCCCCC(=O)Nc1ccccc1/C1=c2\cc/c([nH]2)=C(\c2ccccc2NC(=O)CCCCC)C2C=C/C(=C(\c3ccccc3NC(=O)CCCCSC(C)=O)C3=CCC(N3)[C@H](c3ccccc3NC(=O)CCCCSC(C)=O)[C@@H]3CCC1=N3)N2. The zero-order valence-corrected chi connectivity index (χ0v) is 51.7. The molecule has 4 amide bonds. The maximum absolute atomic E-state index is 13.9. The van der Waals surface area contributed by atoms with E-state index >= 15 is 0 Å². The number of aromatic amines is 1. The molecule has 4 aromatic carbocycles. The molecule has 9 rings (SSSR count). The number of amides is 4. The normalized spacial score (nSPS) is 19.9. The number of fused-ring (bicyclic) bond motifs is 7. The van der Waals surface area contributed by atoms with E-state index in [9.17, 15) is 28.8 Å². The lowest BCUT2D eigenvalue weighted by Crippen LogP contribution is -2.37. The Morgan fingerprint density at radius 3 is 1.60 bits per heavy atom. The number of benzene rings is 4. The molecule has 14 nitrogen and oxygen atoms in total. The van der Waals surface area contributed by atoms with Gasteiger partial charge in [-0.15, -0.1) is 0 Å². The van der Waals surface area contributed by atoms with Crippen LogP contribution >= 0.6 is 23.5 Å². The number of aromatic nitrogens is 1. The van der Waals surface area contributed by atoms with Crippen molar-refractivity contribution in [3.63, 3.8) is 0 Å². The minimum absolute atomic E-state index is 0.0459. The topological polar surface area (TPSA) is 203 Å². The Morgan fingerprint density at radius 2 is 1.03 bits per heavy atom. The first-order chi connectivity index (χ1) is 41.9. The van der Waals surface area contributed by atoms with Crippen molar-refractivity contribution in [2.24, 2.45) is 4.99 Å². The number of nitrogens with zero attached hydrogens (tertiary/aromatic N) is 1. The molecule has 0 fully saturated rings. The number of para-hydroxylation sites is 4. The molecule has 0 aliphatic carbocycles. The molecule has 8 bridgehead atoms. The maximum atomic E-state index is 13.9. The van der Waals surface area contributed by atoms with Crippen LogP contribution in [0, 0.1) is 0 Å². The highest BCUT2D eigenvalue weighted by molar-refractivity contribution is 8.13. The van der Waals surface area contributed by atoms with Crippen molar-refractivity contribution >= 4 is 103 Å². The van der Waals surface area contributed by atoms with Gasteiger partial charge in [0.25, 0.3) is 0 Å². The summed E-state index contributed by atoms with van der Waals surface area (Å²) in [4.78, 5) is 88.3. The van der Waals surface area contributed by atoms with Gasteiger partial charge in [-0.3, -0.25) is 33.8 Å². The third-order valence-corrected chi connectivity index (χ3v) is 18.0. The first-order valence-corrected chi connectivity index (χ1v) is 32.9. The van der Waals surface area contributed by atoms with Crippen molar-refractivity contribution in [2.75, 3.05) is 32.8 Å². The van der Waals surface area contributed by atoms with Crippen molar-refractivity contribution in [3.8, 4) is 0 Å². The summed E-state index contributed by atoms with van der Waals surface area (Å²) in [7, 11) is 0. The number of anilines is 4. The number of carbonyl (C=O) groups excluding carboxylic acids is 6. The third-order valence-electron chi connectivity index (χ3n) is 16.2. The summed E-state index contributed by atoms with van der Waals surface area (Å²) in [6.07, 6.45) is 18.1. The van der Waals surface area contributed by atoms with Gasteiger partial charge in [-0.05, 0) is 106 Å². The average Bonchev–Trinajstić information content (AvgIpc) is 2.34. The molecule has 4 aliphatic rings. The fourth-order valence-corrected chi connectivity index (χ4v) is 13.3. The Balaban J connectivity index is 1.23. The molecule has 86 heavy (non-hydrogen) atoms. The van der Waals surface area contributed by atoms with Crippen LogP contribution in [0.15, 0.2) is 144 Å². The number of allylic oxidation sites excluding steroid dienone is 2. The van der Waals surface area contributed by atoms with Crippen LogP contribution in [-0.4, -0.2) is 74.2 Å². The molecule has 4 aliphatic heterocycles. The number of hydrogen-bond donors (Lipinski definition) is 7. The minimum Gasteiger partial charge on any atom is -0.381 e. The summed E-state index contributed by atoms with van der Waals surface area (Å²) in [6, 6.07) is 35.2. The Morgan fingerprint density at radius 1 is 0.547 bits per heavy atom. The predicted molar refractivity (Wildman–Crippen MR) is 353 cm³/mol. The second-order valence-corrected chi connectivity index (χ2v) is 25.1. The van der Waals surface area contributed by atoms with Gasteiger partial charge in [-0.25, -0.2) is 0 Å². The number of rotatable bonds is 26. The van der Waals surface area contributed by atoms with E-state index in [2.05, 4.69) is 99.3 Å². The molecule has 5 heterocycles.